The second-order valence-corrected chi connectivity index (χ2v) is 8.94. The lowest BCUT2D eigenvalue weighted by Gasteiger charge is -2.58. The standard InChI is InChI=1S/C20H27NO2/c1-18-8-5-14(22)11-13(18)3-4-15-16(18)6-9-19(2)17(15)7-10-20(19,23)12-21/h11,15-17,23H,3-10H2,1-2H3/t15-,16-,17+,18+,19+,20+/m1/s1. The Morgan fingerprint density at radius 3 is 2.61 bits per heavy atom. The van der Waals surface area contributed by atoms with E-state index in [0.717, 1.165) is 38.5 Å². The topological polar surface area (TPSA) is 61.1 Å². The summed E-state index contributed by atoms with van der Waals surface area (Å²) >= 11 is 0. The molecule has 0 unspecified atom stereocenters. The van der Waals surface area contributed by atoms with Crippen molar-refractivity contribution in [3.63, 3.8) is 0 Å². The smallest absolute Gasteiger partial charge is 0.156 e. The minimum atomic E-state index is -1.14. The lowest BCUT2D eigenvalue weighted by Crippen LogP contribution is -2.54. The van der Waals surface area contributed by atoms with Crippen LogP contribution in [0.3, 0.4) is 0 Å². The molecule has 4 aliphatic rings. The Labute approximate surface area is 138 Å². The van der Waals surface area contributed by atoms with Crippen molar-refractivity contribution in [1.82, 2.24) is 0 Å². The van der Waals surface area contributed by atoms with E-state index in [4.69, 9.17) is 0 Å². The highest BCUT2D eigenvalue weighted by Crippen LogP contribution is 2.67. The van der Waals surface area contributed by atoms with Crippen LogP contribution in [-0.4, -0.2) is 16.5 Å². The zero-order chi connectivity index (χ0) is 16.5. The average molecular weight is 313 g/mol. The quantitative estimate of drug-likeness (QED) is 0.692. The van der Waals surface area contributed by atoms with Crippen molar-refractivity contribution in [3.05, 3.63) is 11.6 Å². The van der Waals surface area contributed by atoms with Crippen LogP contribution in [0, 0.1) is 39.9 Å². The van der Waals surface area contributed by atoms with Gasteiger partial charge in [0.2, 0.25) is 0 Å². The Balaban J connectivity index is 1.70. The van der Waals surface area contributed by atoms with Gasteiger partial charge in [-0.25, -0.2) is 0 Å². The highest BCUT2D eigenvalue weighted by Gasteiger charge is 2.64. The fourth-order valence-corrected chi connectivity index (χ4v) is 6.76. The van der Waals surface area contributed by atoms with Crippen LogP contribution in [0.4, 0.5) is 0 Å². The molecular formula is C20H27NO2. The van der Waals surface area contributed by atoms with E-state index in [1.54, 1.807) is 0 Å². The van der Waals surface area contributed by atoms with Gasteiger partial charge in [0.1, 0.15) is 0 Å². The summed E-state index contributed by atoms with van der Waals surface area (Å²) in [7, 11) is 0. The summed E-state index contributed by atoms with van der Waals surface area (Å²) in [5, 5.41) is 20.4. The highest BCUT2D eigenvalue weighted by atomic mass is 16.3. The third kappa shape index (κ3) is 1.82. The van der Waals surface area contributed by atoms with Gasteiger partial charge in [0.15, 0.2) is 11.4 Å². The minimum absolute atomic E-state index is 0.172. The highest BCUT2D eigenvalue weighted by molar-refractivity contribution is 5.91. The van der Waals surface area contributed by atoms with Gasteiger partial charge in [-0.3, -0.25) is 4.79 Å². The Bertz CT molecular complexity index is 632. The van der Waals surface area contributed by atoms with Crippen LogP contribution < -0.4 is 0 Å². The molecule has 1 N–H and O–H groups in total. The summed E-state index contributed by atoms with van der Waals surface area (Å²) in [5.41, 5.74) is 0.172. The number of fused-ring (bicyclic) bond motifs is 5. The molecule has 0 amide bonds. The summed E-state index contributed by atoms with van der Waals surface area (Å²) in [4.78, 5) is 11.8. The van der Waals surface area contributed by atoms with E-state index < -0.39 is 5.60 Å². The Hall–Kier alpha value is -1.14. The third-order valence-corrected chi connectivity index (χ3v) is 8.30. The predicted octanol–water partition coefficient (Wildman–Crippen LogP) is 3.77. The first-order valence-corrected chi connectivity index (χ1v) is 9.22. The largest absolute Gasteiger partial charge is 0.375 e. The van der Waals surface area contributed by atoms with Crippen LogP contribution >= 0.6 is 0 Å². The van der Waals surface area contributed by atoms with Gasteiger partial charge in [-0.15, -0.1) is 0 Å². The summed E-state index contributed by atoms with van der Waals surface area (Å²) in [6.07, 6.45) is 9.42. The lowest BCUT2D eigenvalue weighted by atomic mass is 9.46. The van der Waals surface area contributed by atoms with E-state index >= 15 is 0 Å². The number of aliphatic hydroxyl groups is 1. The molecule has 4 aliphatic carbocycles. The van der Waals surface area contributed by atoms with Gasteiger partial charge in [0, 0.05) is 11.8 Å². The first kappa shape index (κ1) is 15.4. The zero-order valence-corrected chi connectivity index (χ0v) is 14.3. The predicted molar refractivity (Wildman–Crippen MR) is 87.3 cm³/mol. The molecule has 3 heteroatoms. The molecule has 3 fully saturated rings. The monoisotopic (exact) mass is 313 g/mol. The van der Waals surface area contributed by atoms with Crippen molar-refractivity contribution in [2.45, 2.75) is 70.8 Å². The number of ketones is 1. The van der Waals surface area contributed by atoms with Crippen molar-refractivity contribution in [3.8, 4) is 6.07 Å². The van der Waals surface area contributed by atoms with Crippen molar-refractivity contribution in [2.75, 3.05) is 0 Å². The molecule has 4 rings (SSSR count). The van der Waals surface area contributed by atoms with E-state index in [0.29, 0.717) is 36.4 Å². The fourth-order valence-electron chi connectivity index (χ4n) is 6.76. The van der Waals surface area contributed by atoms with E-state index in [9.17, 15) is 15.2 Å². The molecule has 0 aliphatic heterocycles. The normalized spacial score (nSPS) is 52.0. The SMILES string of the molecule is C[C@]12CCC(=O)C=C1CC[C@@H]1[C@H]2CC[C@@]2(C)[C@H]1CC[C@]2(O)C#N. The average Bonchev–Trinajstić information content (AvgIpc) is 2.80. The van der Waals surface area contributed by atoms with Gasteiger partial charge in [-0.2, -0.15) is 5.26 Å². The number of nitrogens with zero attached hydrogens (tertiary/aromatic N) is 1. The maximum Gasteiger partial charge on any atom is 0.156 e. The summed E-state index contributed by atoms with van der Waals surface area (Å²) in [5.74, 6) is 1.99. The van der Waals surface area contributed by atoms with Crippen molar-refractivity contribution in [1.29, 1.82) is 5.26 Å². The van der Waals surface area contributed by atoms with Crippen LogP contribution in [0.5, 0.6) is 0 Å². The van der Waals surface area contributed by atoms with Crippen LogP contribution in [-0.2, 0) is 4.79 Å². The fraction of sp³-hybridized carbons (Fsp3) is 0.800. The molecule has 3 saturated carbocycles. The van der Waals surface area contributed by atoms with Crippen molar-refractivity contribution >= 4 is 5.78 Å². The zero-order valence-electron chi connectivity index (χ0n) is 14.3. The van der Waals surface area contributed by atoms with E-state index in [1.807, 2.05) is 6.08 Å². The van der Waals surface area contributed by atoms with Crippen molar-refractivity contribution in [2.24, 2.45) is 28.6 Å². The van der Waals surface area contributed by atoms with Gasteiger partial charge in [0.05, 0.1) is 6.07 Å². The Kier molecular flexibility index (Phi) is 3.14. The van der Waals surface area contributed by atoms with Crippen LogP contribution in [0.15, 0.2) is 11.6 Å². The molecule has 0 heterocycles. The van der Waals surface area contributed by atoms with Gasteiger partial charge < -0.3 is 5.11 Å². The Morgan fingerprint density at radius 2 is 1.87 bits per heavy atom. The molecule has 0 aromatic heterocycles. The second kappa shape index (κ2) is 4.70. The maximum absolute atomic E-state index is 11.8. The first-order chi connectivity index (χ1) is 10.8. The molecule has 23 heavy (non-hydrogen) atoms. The molecule has 0 aromatic rings. The van der Waals surface area contributed by atoms with Crippen LogP contribution in [0.2, 0.25) is 0 Å². The van der Waals surface area contributed by atoms with Crippen LogP contribution in [0.1, 0.15) is 65.2 Å². The summed E-state index contributed by atoms with van der Waals surface area (Å²) in [6.45, 7) is 4.53. The number of nitriles is 1. The number of carbonyl (C=O) groups excluding carboxylic acids is 1. The van der Waals surface area contributed by atoms with Gasteiger partial charge in [-0.1, -0.05) is 19.4 Å². The number of allylic oxidation sites excluding steroid dienone is 1. The van der Waals surface area contributed by atoms with Crippen LogP contribution in [0.25, 0.3) is 0 Å². The second-order valence-electron chi connectivity index (χ2n) is 8.94. The van der Waals surface area contributed by atoms with Crippen molar-refractivity contribution < 1.29 is 9.90 Å². The minimum Gasteiger partial charge on any atom is -0.375 e. The number of hydrogen-bond acceptors (Lipinski definition) is 3. The number of hydrogen-bond donors (Lipinski definition) is 1. The molecule has 0 spiro atoms. The van der Waals surface area contributed by atoms with Gasteiger partial charge in [0.25, 0.3) is 0 Å². The molecule has 6 atom stereocenters. The molecular weight excluding hydrogens is 286 g/mol. The first-order valence-electron chi connectivity index (χ1n) is 9.22. The van der Waals surface area contributed by atoms with E-state index in [2.05, 4.69) is 19.9 Å². The van der Waals surface area contributed by atoms with E-state index in [-0.39, 0.29) is 10.8 Å². The molecule has 3 nitrogen and oxygen atoms in total. The maximum atomic E-state index is 11.8. The molecule has 124 valence electrons. The molecule has 0 saturated heterocycles. The number of rotatable bonds is 0. The third-order valence-electron chi connectivity index (χ3n) is 8.30. The van der Waals surface area contributed by atoms with E-state index in [1.165, 1.54) is 5.57 Å². The van der Waals surface area contributed by atoms with Gasteiger partial charge >= 0.3 is 0 Å². The summed E-state index contributed by atoms with van der Waals surface area (Å²) in [6, 6.07) is 2.25. The van der Waals surface area contributed by atoms with Gasteiger partial charge in [-0.05, 0) is 74.2 Å². The molecule has 0 radical (unpaired) electrons. The summed E-state index contributed by atoms with van der Waals surface area (Å²) < 4.78 is 0. The molecule has 0 aromatic carbocycles. The Morgan fingerprint density at radius 1 is 1.13 bits per heavy atom. The molecule has 0 bridgehead atoms. The lowest BCUT2D eigenvalue weighted by molar-refractivity contribution is -0.119. The number of carbonyl (C=O) groups is 1.